The molecule has 1 unspecified atom stereocenters. The van der Waals surface area contributed by atoms with Crippen LogP contribution in [0.4, 0.5) is 5.69 Å². The van der Waals surface area contributed by atoms with E-state index in [-0.39, 0.29) is 0 Å². The van der Waals surface area contributed by atoms with Crippen molar-refractivity contribution in [1.29, 1.82) is 0 Å². The maximum Gasteiger partial charge on any atom is 0.181 e. The van der Waals surface area contributed by atoms with E-state index in [2.05, 4.69) is 10.1 Å². The zero-order valence-corrected chi connectivity index (χ0v) is 11.8. The standard InChI is InChI=1S/C16H17N3O2/c1-21-16(20)14-6-4-7-15-13(14)8-10-18-19(15)11-12-5-2-3-9-17-12/h2-7,9-10,16,20H,8,11H2,1H3. The first kappa shape index (κ1) is 13.7. The van der Waals surface area contributed by atoms with Gasteiger partial charge in [0.1, 0.15) is 0 Å². The van der Waals surface area contributed by atoms with Crippen LogP contribution in [0.5, 0.6) is 0 Å². The van der Waals surface area contributed by atoms with E-state index in [1.54, 1.807) is 6.20 Å². The molecule has 1 aromatic carbocycles. The minimum Gasteiger partial charge on any atom is -0.364 e. The molecular weight excluding hydrogens is 266 g/mol. The third-order valence-electron chi connectivity index (χ3n) is 3.51. The van der Waals surface area contributed by atoms with Crippen LogP contribution < -0.4 is 5.01 Å². The van der Waals surface area contributed by atoms with Gasteiger partial charge in [0.15, 0.2) is 6.29 Å². The van der Waals surface area contributed by atoms with Crippen molar-refractivity contribution >= 4 is 11.9 Å². The lowest BCUT2D eigenvalue weighted by Gasteiger charge is -2.27. The van der Waals surface area contributed by atoms with Crippen LogP contribution in [-0.2, 0) is 17.7 Å². The lowest BCUT2D eigenvalue weighted by atomic mass is 10.0. The van der Waals surface area contributed by atoms with Gasteiger partial charge in [-0.3, -0.25) is 9.99 Å². The summed E-state index contributed by atoms with van der Waals surface area (Å²) >= 11 is 0. The summed E-state index contributed by atoms with van der Waals surface area (Å²) in [5.41, 5.74) is 3.75. The zero-order chi connectivity index (χ0) is 14.7. The average Bonchev–Trinajstić information content (AvgIpc) is 2.55. The Morgan fingerprint density at radius 3 is 2.95 bits per heavy atom. The first-order chi connectivity index (χ1) is 10.3. The molecule has 1 aliphatic heterocycles. The summed E-state index contributed by atoms with van der Waals surface area (Å²) in [6, 6.07) is 11.6. The van der Waals surface area contributed by atoms with Crippen LogP contribution in [0, 0.1) is 0 Å². The summed E-state index contributed by atoms with van der Waals surface area (Å²) in [5.74, 6) is 0. The number of hydrogen-bond donors (Lipinski definition) is 1. The van der Waals surface area contributed by atoms with E-state index in [0.29, 0.717) is 13.0 Å². The van der Waals surface area contributed by atoms with Crippen molar-refractivity contribution in [2.24, 2.45) is 5.10 Å². The molecular formula is C16H17N3O2. The molecule has 0 saturated heterocycles. The fraction of sp³-hybridized carbons (Fsp3) is 0.250. The van der Waals surface area contributed by atoms with E-state index in [1.807, 2.05) is 47.6 Å². The molecule has 1 atom stereocenters. The fourth-order valence-electron chi connectivity index (χ4n) is 2.48. The fourth-order valence-corrected chi connectivity index (χ4v) is 2.48. The lowest BCUT2D eigenvalue weighted by Crippen LogP contribution is -2.23. The Labute approximate surface area is 123 Å². The molecule has 5 heteroatoms. The van der Waals surface area contributed by atoms with Crippen molar-refractivity contribution in [3.8, 4) is 0 Å². The smallest absolute Gasteiger partial charge is 0.181 e. The lowest BCUT2D eigenvalue weighted by molar-refractivity contribution is -0.0773. The van der Waals surface area contributed by atoms with Gasteiger partial charge in [0.2, 0.25) is 0 Å². The number of anilines is 1. The summed E-state index contributed by atoms with van der Waals surface area (Å²) < 4.78 is 5.04. The van der Waals surface area contributed by atoms with Crippen molar-refractivity contribution in [3.05, 3.63) is 59.4 Å². The van der Waals surface area contributed by atoms with Gasteiger partial charge in [-0.25, -0.2) is 0 Å². The van der Waals surface area contributed by atoms with E-state index in [4.69, 9.17) is 4.74 Å². The van der Waals surface area contributed by atoms with Gasteiger partial charge in [-0.2, -0.15) is 5.10 Å². The predicted octanol–water partition coefficient (Wildman–Crippen LogP) is 2.27. The van der Waals surface area contributed by atoms with Gasteiger partial charge in [0.25, 0.3) is 0 Å². The molecule has 2 heterocycles. The van der Waals surface area contributed by atoms with E-state index in [0.717, 1.165) is 22.5 Å². The number of methoxy groups -OCH3 is 1. The molecule has 21 heavy (non-hydrogen) atoms. The maximum atomic E-state index is 9.96. The molecule has 1 aromatic heterocycles. The molecule has 0 amide bonds. The van der Waals surface area contributed by atoms with E-state index >= 15 is 0 Å². The number of ether oxygens (including phenoxy) is 1. The number of aromatic nitrogens is 1. The monoisotopic (exact) mass is 283 g/mol. The molecule has 1 N–H and O–H groups in total. The molecule has 3 rings (SSSR count). The average molecular weight is 283 g/mol. The topological polar surface area (TPSA) is 58.0 Å². The van der Waals surface area contributed by atoms with Gasteiger partial charge < -0.3 is 9.84 Å². The van der Waals surface area contributed by atoms with Crippen LogP contribution in [0.3, 0.4) is 0 Å². The molecule has 0 spiro atoms. The minimum absolute atomic E-state index is 0.594. The highest BCUT2D eigenvalue weighted by molar-refractivity contribution is 5.74. The molecule has 0 saturated carbocycles. The van der Waals surface area contributed by atoms with Crippen molar-refractivity contribution < 1.29 is 9.84 Å². The molecule has 1 aliphatic rings. The molecule has 0 aliphatic carbocycles. The Hall–Kier alpha value is -2.24. The molecule has 0 fully saturated rings. The van der Waals surface area contributed by atoms with Crippen LogP contribution in [0.15, 0.2) is 47.7 Å². The van der Waals surface area contributed by atoms with Gasteiger partial charge in [-0.15, -0.1) is 0 Å². The summed E-state index contributed by atoms with van der Waals surface area (Å²) in [6.07, 6.45) is 3.39. The number of aliphatic hydroxyl groups is 1. The van der Waals surface area contributed by atoms with Crippen LogP contribution in [0.2, 0.25) is 0 Å². The van der Waals surface area contributed by atoms with Gasteiger partial charge in [-0.1, -0.05) is 18.2 Å². The first-order valence-electron chi connectivity index (χ1n) is 6.82. The van der Waals surface area contributed by atoms with Gasteiger partial charge in [-0.05, 0) is 23.8 Å². The first-order valence-corrected chi connectivity index (χ1v) is 6.82. The van der Waals surface area contributed by atoms with Crippen molar-refractivity contribution in [3.63, 3.8) is 0 Å². The normalized spacial score (nSPS) is 14.9. The summed E-state index contributed by atoms with van der Waals surface area (Å²) in [5, 5.41) is 16.3. The third kappa shape index (κ3) is 2.79. The highest BCUT2D eigenvalue weighted by Crippen LogP contribution is 2.31. The van der Waals surface area contributed by atoms with Gasteiger partial charge in [0.05, 0.1) is 17.9 Å². The SMILES string of the molecule is COC(O)c1cccc2c1CC=NN2Cc1ccccn1. The van der Waals surface area contributed by atoms with Crippen LogP contribution in [0.1, 0.15) is 23.1 Å². The quantitative estimate of drug-likeness (QED) is 0.875. The third-order valence-corrected chi connectivity index (χ3v) is 3.51. The van der Waals surface area contributed by atoms with Gasteiger partial charge >= 0.3 is 0 Å². The molecule has 5 nitrogen and oxygen atoms in total. The van der Waals surface area contributed by atoms with Crippen LogP contribution in [0.25, 0.3) is 0 Å². The largest absolute Gasteiger partial charge is 0.364 e. The Bertz CT molecular complexity index is 643. The molecule has 0 radical (unpaired) electrons. The molecule has 0 bridgehead atoms. The number of rotatable bonds is 4. The van der Waals surface area contributed by atoms with Gasteiger partial charge in [0, 0.05) is 31.5 Å². The minimum atomic E-state index is -0.914. The Morgan fingerprint density at radius 2 is 2.19 bits per heavy atom. The maximum absolute atomic E-state index is 9.96. The summed E-state index contributed by atoms with van der Waals surface area (Å²) in [7, 11) is 1.49. The second-order valence-corrected chi connectivity index (χ2v) is 4.81. The number of fused-ring (bicyclic) bond motifs is 1. The Morgan fingerprint density at radius 1 is 1.29 bits per heavy atom. The summed E-state index contributed by atoms with van der Waals surface area (Å²) in [6.45, 7) is 0.594. The number of aliphatic hydroxyl groups excluding tert-OH is 1. The van der Waals surface area contributed by atoms with Crippen molar-refractivity contribution in [2.75, 3.05) is 12.1 Å². The predicted molar refractivity (Wildman–Crippen MR) is 81.0 cm³/mol. The van der Waals surface area contributed by atoms with E-state index < -0.39 is 6.29 Å². The van der Waals surface area contributed by atoms with Crippen molar-refractivity contribution in [2.45, 2.75) is 19.3 Å². The summed E-state index contributed by atoms with van der Waals surface area (Å²) in [4.78, 5) is 4.33. The Kier molecular flexibility index (Phi) is 3.94. The van der Waals surface area contributed by atoms with Crippen molar-refractivity contribution in [1.82, 2.24) is 4.98 Å². The highest BCUT2D eigenvalue weighted by atomic mass is 16.6. The number of benzene rings is 1. The Balaban J connectivity index is 1.93. The number of pyridine rings is 1. The number of hydrazone groups is 1. The molecule has 108 valence electrons. The number of nitrogens with zero attached hydrogens (tertiary/aromatic N) is 3. The van der Waals surface area contributed by atoms with E-state index in [1.165, 1.54) is 7.11 Å². The molecule has 2 aromatic rings. The van der Waals surface area contributed by atoms with Crippen LogP contribution >= 0.6 is 0 Å². The number of hydrogen-bond acceptors (Lipinski definition) is 5. The van der Waals surface area contributed by atoms with E-state index in [9.17, 15) is 5.11 Å². The zero-order valence-electron chi connectivity index (χ0n) is 11.8. The second-order valence-electron chi connectivity index (χ2n) is 4.81. The van der Waals surface area contributed by atoms with Crippen LogP contribution in [-0.4, -0.2) is 23.4 Å². The highest BCUT2D eigenvalue weighted by Gasteiger charge is 2.20. The second kappa shape index (κ2) is 6.03.